The van der Waals surface area contributed by atoms with Crippen molar-refractivity contribution in [1.29, 1.82) is 0 Å². The summed E-state index contributed by atoms with van der Waals surface area (Å²) in [6.45, 7) is 0. The molecule has 132 valence electrons. The van der Waals surface area contributed by atoms with Gasteiger partial charge in [-0.3, -0.25) is 9.67 Å². The number of hydrogen-bond acceptors (Lipinski definition) is 3. The van der Waals surface area contributed by atoms with Gasteiger partial charge >= 0.3 is 0 Å². The Kier molecular flexibility index (Phi) is 3.50. The number of hydrogen-bond donors (Lipinski definition) is 0. The van der Waals surface area contributed by atoms with Crippen molar-refractivity contribution in [2.75, 3.05) is 0 Å². The van der Waals surface area contributed by atoms with Gasteiger partial charge in [0.2, 0.25) is 0 Å². The van der Waals surface area contributed by atoms with Gasteiger partial charge in [0.1, 0.15) is 0 Å². The van der Waals surface area contributed by atoms with Crippen molar-refractivity contribution in [1.82, 2.24) is 24.1 Å². The molecule has 5 aromatic rings. The molecule has 0 aliphatic heterocycles. The Morgan fingerprint density at radius 1 is 1.00 bits per heavy atom. The van der Waals surface area contributed by atoms with Gasteiger partial charge in [0.15, 0.2) is 11.5 Å². The molecule has 6 heteroatoms. The van der Waals surface area contributed by atoms with E-state index >= 15 is 0 Å². The lowest BCUT2D eigenvalue weighted by atomic mass is 10.1. The minimum absolute atomic E-state index is 0.333. The van der Waals surface area contributed by atoms with Crippen LogP contribution in [0.25, 0.3) is 27.7 Å². The Bertz CT molecular complexity index is 1280. The van der Waals surface area contributed by atoms with Crippen LogP contribution in [0.3, 0.4) is 0 Å². The third-order valence-corrected chi connectivity index (χ3v) is 4.73. The molecule has 0 saturated carbocycles. The zero-order chi connectivity index (χ0) is 18.4. The van der Waals surface area contributed by atoms with E-state index in [4.69, 9.17) is 0 Å². The molecule has 0 saturated heterocycles. The number of nitrogens with zero attached hydrogens (tertiary/aromatic N) is 5. The molecule has 0 aliphatic carbocycles. The maximum Gasteiger partial charge on any atom is 0.173 e. The summed E-state index contributed by atoms with van der Waals surface area (Å²) in [6, 6.07) is 11.6. The van der Waals surface area contributed by atoms with E-state index in [1.165, 1.54) is 6.07 Å². The van der Waals surface area contributed by atoms with Crippen molar-refractivity contribution in [2.45, 2.75) is 6.42 Å². The summed E-state index contributed by atoms with van der Waals surface area (Å²) in [7, 11) is 1.84. The second-order valence-corrected chi connectivity index (χ2v) is 6.63. The van der Waals surface area contributed by atoms with E-state index in [1.807, 2.05) is 42.0 Å². The molecule has 0 N–H and O–H groups in total. The summed E-state index contributed by atoms with van der Waals surface area (Å²) in [6.07, 6.45) is 9.69. The van der Waals surface area contributed by atoms with E-state index in [1.54, 1.807) is 23.3 Å². The van der Waals surface area contributed by atoms with Crippen LogP contribution in [-0.4, -0.2) is 24.1 Å². The van der Waals surface area contributed by atoms with E-state index in [9.17, 15) is 4.39 Å². The summed E-state index contributed by atoms with van der Waals surface area (Å²) in [5.41, 5.74) is 5.00. The topological polar surface area (TPSA) is 48.0 Å². The van der Waals surface area contributed by atoms with Crippen LogP contribution >= 0.6 is 0 Å². The number of aryl methyl sites for hydroxylation is 1. The van der Waals surface area contributed by atoms with Gasteiger partial charge in [-0.2, -0.15) is 5.10 Å². The maximum absolute atomic E-state index is 14.6. The molecule has 0 fully saturated rings. The van der Waals surface area contributed by atoms with Gasteiger partial charge in [-0.15, -0.1) is 0 Å². The highest BCUT2D eigenvalue weighted by Gasteiger charge is 2.12. The fraction of sp³-hybridized carbons (Fsp3) is 0.0952. The first-order valence-corrected chi connectivity index (χ1v) is 8.65. The molecule has 0 spiro atoms. The van der Waals surface area contributed by atoms with Gasteiger partial charge in [0, 0.05) is 60.5 Å². The molecule has 0 radical (unpaired) electrons. The zero-order valence-electron chi connectivity index (χ0n) is 14.7. The van der Waals surface area contributed by atoms with Crippen LogP contribution in [0.4, 0.5) is 4.39 Å². The average Bonchev–Trinajstić information content (AvgIpc) is 3.28. The van der Waals surface area contributed by atoms with Gasteiger partial charge in [-0.05, 0) is 29.8 Å². The highest BCUT2D eigenvalue weighted by Crippen LogP contribution is 2.24. The van der Waals surface area contributed by atoms with E-state index < -0.39 is 0 Å². The number of pyridine rings is 2. The Hall–Kier alpha value is -3.54. The third-order valence-electron chi connectivity index (χ3n) is 4.73. The lowest BCUT2D eigenvalue weighted by Crippen LogP contribution is -1.97. The van der Waals surface area contributed by atoms with Crippen LogP contribution in [0.5, 0.6) is 0 Å². The van der Waals surface area contributed by atoms with Crippen molar-refractivity contribution in [3.05, 3.63) is 84.5 Å². The number of halogens is 1. The Morgan fingerprint density at radius 3 is 2.78 bits per heavy atom. The van der Waals surface area contributed by atoms with Crippen LogP contribution in [-0.2, 0) is 13.5 Å². The van der Waals surface area contributed by atoms with E-state index in [2.05, 4.69) is 27.2 Å². The SMILES string of the molecule is Cn1cc(-c2cc(F)c3ncc(Cc4ccc5ncccc5c4)n3c2)cn1. The Morgan fingerprint density at radius 2 is 1.93 bits per heavy atom. The van der Waals surface area contributed by atoms with Crippen LogP contribution in [0.2, 0.25) is 0 Å². The van der Waals surface area contributed by atoms with Crippen molar-refractivity contribution < 1.29 is 4.39 Å². The summed E-state index contributed by atoms with van der Waals surface area (Å²) < 4.78 is 18.1. The molecule has 5 nitrogen and oxygen atoms in total. The Balaban J connectivity index is 1.59. The van der Waals surface area contributed by atoms with Crippen LogP contribution in [0, 0.1) is 5.82 Å². The van der Waals surface area contributed by atoms with Crippen molar-refractivity contribution in [2.24, 2.45) is 7.05 Å². The van der Waals surface area contributed by atoms with E-state index in [0.29, 0.717) is 12.1 Å². The summed E-state index contributed by atoms with van der Waals surface area (Å²) >= 11 is 0. The third kappa shape index (κ3) is 2.75. The minimum Gasteiger partial charge on any atom is -0.301 e. The molecular formula is C21H16FN5. The smallest absolute Gasteiger partial charge is 0.173 e. The van der Waals surface area contributed by atoms with Gasteiger partial charge in [0.05, 0.1) is 11.7 Å². The number of fused-ring (bicyclic) bond motifs is 2. The summed E-state index contributed by atoms with van der Waals surface area (Å²) in [5, 5.41) is 5.26. The standard InChI is InChI=1S/C21H16FN5/c1-26-12-17(10-25-26)16-9-19(22)21-24-11-18(27(21)13-16)8-14-4-5-20-15(7-14)3-2-6-23-20/h2-7,9-13H,8H2,1H3. The predicted molar refractivity (Wildman–Crippen MR) is 102 cm³/mol. The number of imidazole rings is 1. The van der Waals surface area contributed by atoms with Crippen molar-refractivity contribution >= 4 is 16.6 Å². The van der Waals surface area contributed by atoms with Gasteiger partial charge in [0.25, 0.3) is 0 Å². The second-order valence-electron chi connectivity index (χ2n) is 6.63. The fourth-order valence-electron chi connectivity index (χ4n) is 3.40. The van der Waals surface area contributed by atoms with E-state index in [0.717, 1.165) is 33.3 Å². The number of aromatic nitrogens is 5. The molecule has 0 atom stereocenters. The highest BCUT2D eigenvalue weighted by molar-refractivity contribution is 5.79. The number of rotatable bonds is 3. The van der Waals surface area contributed by atoms with Gasteiger partial charge < -0.3 is 4.40 Å². The molecule has 0 aliphatic rings. The molecule has 0 unspecified atom stereocenters. The number of benzene rings is 1. The minimum atomic E-state index is -0.342. The molecule has 4 heterocycles. The highest BCUT2D eigenvalue weighted by atomic mass is 19.1. The van der Waals surface area contributed by atoms with Crippen LogP contribution in [0.15, 0.2) is 67.4 Å². The molecule has 4 aromatic heterocycles. The lowest BCUT2D eigenvalue weighted by Gasteiger charge is -2.06. The molecule has 0 amide bonds. The normalized spacial score (nSPS) is 11.5. The van der Waals surface area contributed by atoms with Crippen LogP contribution in [0.1, 0.15) is 11.3 Å². The first-order valence-electron chi connectivity index (χ1n) is 8.65. The van der Waals surface area contributed by atoms with Crippen molar-refractivity contribution in [3.63, 3.8) is 0 Å². The first-order chi connectivity index (χ1) is 13.2. The molecule has 1 aromatic carbocycles. The molecule has 0 bridgehead atoms. The largest absolute Gasteiger partial charge is 0.301 e. The molecular weight excluding hydrogens is 341 g/mol. The Labute approximate surface area is 154 Å². The van der Waals surface area contributed by atoms with Crippen molar-refractivity contribution in [3.8, 4) is 11.1 Å². The summed E-state index contributed by atoms with van der Waals surface area (Å²) in [5.74, 6) is -0.342. The monoisotopic (exact) mass is 357 g/mol. The maximum atomic E-state index is 14.6. The average molecular weight is 357 g/mol. The van der Waals surface area contributed by atoms with Gasteiger partial charge in [-0.1, -0.05) is 12.1 Å². The van der Waals surface area contributed by atoms with Gasteiger partial charge in [-0.25, -0.2) is 9.37 Å². The van der Waals surface area contributed by atoms with E-state index in [-0.39, 0.29) is 5.82 Å². The predicted octanol–water partition coefficient (Wildman–Crippen LogP) is 4.01. The quantitative estimate of drug-likeness (QED) is 0.490. The zero-order valence-corrected chi connectivity index (χ0v) is 14.7. The fourth-order valence-corrected chi connectivity index (χ4v) is 3.40. The van der Waals surface area contributed by atoms with Crippen LogP contribution < -0.4 is 0 Å². The second kappa shape index (κ2) is 6.02. The molecule has 5 rings (SSSR count). The lowest BCUT2D eigenvalue weighted by molar-refractivity contribution is 0.630. The summed E-state index contributed by atoms with van der Waals surface area (Å²) in [4.78, 5) is 8.62. The molecule has 27 heavy (non-hydrogen) atoms. The first kappa shape index (κ1) is 15.7.